The number of halogens is 1. The van der Waals surface area contributed by atoms with Crippen LogP contribution < -0.4 is 0 Å². The first-order valence-corrected chi connectivity index (χ1v) is 8.01. The molecule has 0 aliphatic rings. The smallest absolute Gasteiger partial charge is 0.113 e. The Balaban J connectivity index is 2.09. The summed E-state index contributed by atoms with van der Waals surface area (Å²) in [7, 11) is 0. The Morgan fingerprint density at radius 2 is 2.10 bits per heavy atom. The molecule has 0 radical (unpaired) electrons. The topological polar surface area (TPSA) is 30.7 Å². The molecule has 0 unspecified atom stereocenters. The van der Waals surface area contributed by atoms with Crippen LogP contribution in [0.3, 0.4) is 0 Å². The third kappa shape index (κ3) is 2.58. The van der Waals surface area contributed by atoms with Crippen LogP contribution in [0.2, 0.25) is 0 Å². The van der Waals surface area contributed by atoms with Gasteiger partial charge in [-0.3, -0.25) is 0 Å². The monoisotopic (exact) mass is 305 g/mol. The van der Waals surface area contributed by atoms with Crippen molar-refractivity contribution < 1.29 is 0 Å². The van der Waals surface area contributed by atoms with Crippen molar-refractivity contribution in [2.75, 3.05) is 5.88 Å². The molecule has 0 aliphatic carbocycles. The number of imidazole rings is 1. The lowest BCUT2D eigenvalue weighted by atomic mass is 10.2. The second-order valence-electron chi connectivity index (χ2n) is 4.93. The van der Waals surface area contributed by atoms with Crippen molar-refractivity contribution in [3.05, 3.63) is 45.7 Å². The summed E-state index contributed by atoms with van der Waals surface area (Å²) in [5.41, 5.74) is 4.51. The van der Waals surface area contributed by atoms with Crippen LogP contribution in [0.5, 0.6) is 0 Å². The van der Waals surface area contributed by atoms with E-state index >= 15 is 0 Å². The van der Waals surface area contributed by atoms with Gasteiger partial charge in [-0.05, 0) is 31.5 Å². The van der Waals surface area contributed by atoms with Crippen LogP contribution in [0.15, 0.2) is 23.6 Å². The van der Waals surface area contributed by atoms with Crippen molar-refractivity contribution in [1.82, 2.24) is 14.5 Å². The van der Waals surface area contributed by atoms with Gasteiger partial charge in [0.2, 0.25) is 0 Å². The zero-order chi connectivity index (χ0) is 14.1. The summed E-state index contributed by atoms with van der Waals surface area (Å²) in [6.07, 6.45) is 0.777. The van der Waals surface area contributed by atoms with Crippen LogP contribution in [-0.2, 0) is 13.0 Å². The average Bonchev–Trinajstić information content (AvgIpc) is 2.96. The van der Waals surface area contributed by atoms with Crippen LogP contribution in [-0.4, -0.2) is 20.4 Å². The summed E-state index contributed by atoms with van der Waals surface area (Å²) in [5, 5.41) is 3.19. The molecule has 0 fully saturated rings. The van der Waals surface area contributed by atoms with Gasteiger partial charge in [0.15, 0.2) is 0 Å². The van der Waals surface area contributed by atoms with E-state index in [4.69, 9.17) is 16.6 Å². The number of aryl methyl sites for hydroxylation is 3. The molecule has 0 aliphatic heterocycles. The van der Waals surface area contributed by atoms with E-state index in [9.17, 15) is 0 Å². The Hall–Kier alpha value is -1.39. The van der Waals surface area contributed by atoms with Gasteiger partial charge in [0, 0.05) is 23.4 Å². The molecule has 20 heavy (non-hydrogen) atoms. The SMILES string of the molecule is Cc1ccc2nc(CCCl)n(Cc3nc(C)cs3)c2c1. The molecule has 1 aromatic carbocycles. The zero-order valence-electron chi connectivity index (χ0n) is 11.6. The van der Waals surface area contributed by atoms with Crippen molar-refractivity contribution in [3.63, 3.8) is 0 Å². The van der Waals surface area contributed by atoms with E-state index in [0.717, 1.165) is 40.5 Å². The van der Waals surface area contributed by atoms with Gasteiger partial charge in [-0.15, -0.1) is 22.9 Å². The first-order valence-electron chi connectivity index (χ1n) is 6.60. The van der Waals surface area contributed by atoms with Crippen LogP contribution in [0.1, 0.15) is 22.1 Å². The van der Waals surface area contributed by atoms with Crippen molar-refractivity contribution in [1.29, 1.82) is 0 Å². The number of nitrogens with zero attached hydrogens (tertiary/aromatic N) is 3. The lowest BCUT2D eigenvalue weighted by Gasteiger charge is -2.06. The highest BCUT2D eigenvalue weighted by atomic mass is 35.5. The zero-order valence-corrected chi connectivity index (χ0v) is 13.1. The standard InChI is InChI=1S/C15H16ClN3S/c1-10-3-4-12-13(7-10)19(14(18-12)5-6-16)8-15-17-11(2)9-20-15/h3-4,7,9H,5-6,8H2,1-2H3. The molecule has 0 saturated heterocycles. The first kappa shape index (κ1) is 13.6. The molecule has 3 rings (SSSR count). The molecule has 2 aromatic heterocycles. The average molecular weight is 306 g/mol. The summed E-state index contributed by atoms with van der Waals surface area (Å²) in [6, 6.07) is 6.35. The lowest BCUT2D eigenvalue weighted by molar-refractivity contribution is 0.748. The predicted octanol–water partition coefficient (Wildman–Crippen LogP) is 3.94. The molecule has 104 valence electrons. The number of benzene rings is 1. The maximum atomic E-state index is 5.91. The molecular weight excluding hydrogens is 290 g/mol. The van der Waals surface area contributed by atoms with E-state index in [1.165, 1.54) is 5.56 Å². The minimum Gasteiger partial charge on any atom is -0.321 e. The van der Waals surface area contributed by atoms with E-state index in [-0.39, 0.29) is 0 Å². The highest BCUT2D eigenvalue weighted by molar-refractivity contribution is 7.09. The van der Waals surface area contributed by atoms with Crippen molar-refractivity contribution in [2.24, 2.45) is 0 Å². The van der Waals surface area contributed by atoms with Crippen LogP contribution in [0.4, 0.5) is 0 Å². The minimum absolute atomic E-state index is 0.583. The van der Waals surface area contributed by atoms with E-state index in [0.29, 0.717) is 5.88 Å². The third-order valence-electron chi connectivity index (χ3n) is 3.26. The Bertz CT molecular complexity index is 745. The lowest BCUT2D eigenvalue weighted by Crippen LogP contribution is -2.06. The number of hydrogen-bond donors (Lipinski definition) is 0. The molecule has 0 saturated carbocycles. The van der Waals surface area contributed by atoms with E-state index < -0.39 is 0 Å². The maximum absolute atomic E-state index is 5.91. The minimum atomic E-state index is 0.583. The molecule has 2 heterocycles. The fourth-order valence-corrected chi connectivity index (χ4v) is 3.27. The van der Waals surface area contributed by atoms with E-state index in [1.807, 2.05) is 6.92 Å². The molecule has 0 amide bonds. The fourth-order valence-electron chi connectivity index (χ4n) is 2.35. The largest absolute Gasteiger partial charge is 0.321 e. The molecule has 0 bridgehead atoms. The van der Waals surface area contributed by atoms with Gasteiger partial charge < -0.3 is 4.57 Å². The van der Waals surface area contributed by atoms with E-state index in [2.05, 4.69) is 40.1 Å². The molecular formula is C15H16ClN3S. The van der Waals surface area contributed by atoms with Gasteiger partial charge in [0.05, 0.1) is 17.6 Å². The van der Waals surface area contributed by atoms with Crippen LogP contribution >= 0.6 is 22.9 Å². The second-order valence-corrected chi connectivity index (χ2v) is 6.25. The second kappa shape index (κ2) is 5.54. The Kier molecular flexibility index (Phi) is 3.76. The Morgan fingerprint density at radius 3 is 2.80 bits per heavy atom. The summed E-state index contributed by atoms with van der Waals surface area (Å²) >= 11 is 7.60. The van der Waals surface area contributed by atoms with Crippen LogP contribution in [0.25, 0.3) is 11.0 Å². The van der Waals surface area contributed by atoms with Crippen molar-refractivity contribution >= 4 is 34.0 Å². The van der Waals surface area contributed by atoms with Gasteiger partial charge >= 0.3 is 0 Å². The number of alkyl halides is 1. The van der Waals surface area contributed by atoms with Crippen LogP contribution in [0, 0.1) is 13.8 Å². The molecule has 5 heteroatoms. The summed E-state index contributed by atoms with van der Waals surface area (Å²) in [5.74, 6) is 1.62. The third-order valence-corrected chi connectivity index (χ3v) is 4.40. The molecule has 0 spiro atoms. The number of hydrogen-bond acceptors (Lipinski definition) is 3. The van der Waals surface area contributed by atoms with E-state index in [1.54, 1.807) is 11.3 Å². The summed E-state index contributed by atoms with van der Waals surface area (Å²) in [4.78, 5) is 9.25. The van der Waals surface area contributed by atoms with Gasteiger partial charge in [0.25, 0.3) is 0 Å². The highest BCUT2D eigenvalue weighted by Crippen LogP contribution is 2.21. The molecule has 3 aromatic rings. The Morgan fingerprint density at radius 1 is 1.25 bits per heavy atom. The van der Waals surface area contributed by atoms with Crippen molar-refractivity contribution in [3.8, 4) is 0 Å². The Labute approximate surface area is 127 Å². The quantitative estimate of drug-likeness (QED) is 0.684. The fraction of sp³-hybridized carbons (Fsp3) is 0.333. The maximum Gasteiger partial charge on any atom is 0.113 e. The predicted molar refractivity (Wildman–Crippen MR) is 84.8 cm³/mol. The van der Waals surface area contributed by atoms with Gasteiger partial charge in [-0.25, -0.2) is 9.97 Å². The highest BCUT2D eigenvalue weighted by Gasteiger charge is 2.12. The molecule has 3 nitrogen and oxygen atoms in total. The first-order chi connectivity index (χ1) is 9.67. The number of aromatic nitrogens is 3. The number of rotatable bonds is 4. The summed E-state index contributed by atoms with van der Waals surface area (Å²) in [6.45, 7) is 4.89. The normalized spacial score (nSPS) is 11.3. The number of thiazole rings is 1. The molecule has 0 N–H and O–H groups in total. The number of fused-ring (bicyclic) bond motifs is 1. The van der Waals surface area contributed by atoms with Crippen molar-refractivity contribution in [2.45, 2.75) is 26.8 Å². The van der Waals surface area contributed by atoms with Gasteiger partial charge in [-0.2, -0.15) is 0 Å². The van der Waals surface area contributed by atoms with Gasteiger partial charge in [-0.1, -0.05) is 6.07 Å². The summed E-state index contributed by atoms with van der Waals surface area (Å²) < 4.78 is 2.24. The van der Waals surface area contributed by atoms with Gasteiger partial charge in [0.1, 0.15) is 10.8 Å². The molecule has 0 atom stereocenters.